The monoisotopic (exact) mass is 424 g/mol. The molecule has 0 aliphatic heterocycles. The maximum absolute atomic E-state index is 13.2. The van der Waals surface area contributed by atoms with Crippen molar-refractivity contribution in [1.82, 2.24) is 10.2 Å². The van der Waals surface area contributed by atoms with Gasteiger partial charge in [-0.2, -0.15) is 0 Å². The van der Waals surface area contributed by atoms with Gasteiger partial charge < -0.3 is 15.0 Å². The van der Waals surface area contributed by atoms with Crippen molar-refractivity contribution in [3.63, 3.8) is 0 Å². The average molecular weight is 425 g/mol. The van der Waals surface area contributed by atoms with Crippen molar-refractivity contribution in [3.05, 3.63) is 65.7 Å². The van der Waals surface area contributed by atoms with Crippen LogP contribution in [0.15, 0.2) is 54.6 Å². The first-order valence-electron chi connectivity index (χ1n) is 11.3. The molecule has 0 aliphatic rings. The Morgan fingerprint density at radius 1 is 1.03 bits per heavy atom. The van der Waals surface area contributed by atoms with E-state index >= 15 is 0 Å². The number of ether oxygens (including phenoxy) is 1. The number of nitrogens with one attached hydrogen (secondary N) is 1. The van der Waals surface area contributed by atoms with Gasteiger partial charge in [0, 0.05) is 19.0 Å². The van der Waals surface area contributed by atoms with Gasteiger partial charge in [0.25, 0.3) is 0 Å². The summed E-state index contributed by atoms with van der Waals surface area (Å²) in [6.07, 6.45) is 2.36. The lowest BCUT2D eigenvalue weighted by atomic mass is 10.1. The number of amides is 2. The van der Waals surface area contributed by atoms with E-state index < -0.39 is 6.04 Å². The standard InChI is InChI=1S/C26H36N2O3/c1-5-21(4)27-26(30)24(6-2)28(19-22-13-10-12-20(3)18-22)25(29)16-11-17-31-23-14-8-7-9-15-23/h7-10,12-15,18,21,24H,5-6,11,16-17,19H2,1-4H3,(H,27,30)/t21-,24+/m0/s1. The molecule has 5 nitrogen and oxygen atoms in total. The molecule has 168 valence electrons. The van der Waals surface area contributed by atoms with Crippen molar-refractivity contribution < 1.29 is 14.3 Å². The van der Waals surface area contributed by atoms with Crippen molar-refractivity contribution in [3.8, 4) is 5.75 Å². The van der Waals surface area contributed by atoms with Gasteiger partial charge in [-0.05, 0) is 50.8 Å². The van der Waals surface area contributed by atoms with Crippen LogP contribution < -0.4 is 10.1 Å². The van der Waals surface area contributed by atoms with E-state index in [1.54, 1.807) is 4.90 Å². The highest BCUT2D eigenvalue weighted by Gasteiger charge is 2.28. The van der Waals surface area contributed by atoms with Crippen LogP contribution in [0.25, 0.3) is 0 Å². The lowest BCUT2D eigenvalue weighted by Crippen LogP contribution is -2.50. The van der Waals surface area contributed by atoms with E-state index in [4.69, 9.17) is 4.74 Å². The molecule has 31 heavy (non-hydrogen) atoms. The second kappa shape index (κ2) is 12.8. The quantitative estimate of drug-likeness (QED) is 0.494. The van der Waals surface area contributed by atoms with Crippen LogP contribution in [0.1, 0.15) is 57.6 Å². The molecule has 0 aromatic heterocycles. The van der Waals surface area contributed by atoms with Gasteiger partial charge in [-0.3, -0.25) is 9.59 Å². The lowest BCUT2D eigenvalue weighted by molar-refractivity contribution is -0.141. The number of carbonyl (C=O) groups is 2. The van der Waals surface area contributed by atoms with Crippen LogP contribution in [-0.4, -0.2) is 35.4 Å². The van der Waals surface area contributed by atoms with Crippen LogP contribution in [0, 0.1) is 6.92 Å². The van der Waals surface area contributed by atoms with Crippen molar-refractivity contribution in [1.29, 1.82) is 0 Å². The minimum atomic E-state index is -0.489. The zero-order valence-corrected chi connectivity index (χ0v) is 19.3. The number of aryl methyl sites for hydroxylation is 1. The third kappa shape index (κ3) is 8.08. The number of carbonyl (C=O) groups excluding carboxylic acids is 2. The molecule has 0 aliphatic carbocycles. The largest absolute Gasteiger partial charge is 0.494 e. The molecule has 0 fully saturated rings. The summed E-state index contributed by atoms with van der Waals surface area (Å²) in [4.78, 5) is 27.9. The van der Waals surface area contributed by atoms with Gasteiger partial charge in [-0.15, -0.1) is 0 Å². The van der Waals surface area contributed by atoms with Gasteiger partial charge in [0.1, 0.15) is 11.8 Å². The molecular formula is C26H36N2O3. The Kier molecular flexibility index (Phi) is 10.1. The number of hydrogen-bond donors (Lipinski definition) is 1. The molecular weight excluding hydrogens is 388 g/mol. The number of hydrogen-bond acceptors (Lipinski definition) is 3. The van der Waals surface area contributed by atoms with Crippen molar-refractivity contribution >= 4 is 11.8 Å². The highest BCUT2D eigenvalue weighted by Crippen LogP contribution is 2.16. The van der Waals surface area contributed by atoms with Crippen molar-refractivity contribution in [2.45, 2.75) is 72.0 Å². The summed E-state index contributed by atoms with van der Waals surface area (Å²) in [6.45, 7) is 8.89. The minimum Gasteiger partial charge on any atom is -0.494 e. The molecule has 0 bridgehead atoms. The van der Waals surface area contributed by atoms with Gasteiger partial charge in [0.05, 0.1) is 6.61 Å². The molecule has 1 N–H and O–H groups in total. The lowest BCUT2D eigenvalue weighted by Gasteiger charge is -2.31. The summed E-state index contributed by atoms with van der Waals surface area (Å²) >= 11 is 0. The first-order chi connectivity index (χ1) is 14.9. The Balaban J connectivity index is 2.07. The smallest absolute Gasteiger partial charge is 0.243 e. The molecule has 0 saturated carbocycles. The predicted octanol–water partition coefficient (Wildman–Crippen LogP) is 4.88. The zero-order chi connectivity index (χ0) is 22.6. The molecule has 0 radical (unpaired) electrons. The Hall–Kier alpha value is -2.82. The van der Waals surface area contributed by atoms with Crippen molar-refractivity contribution in [2.75, 3.05) is 6.61 Å². The SMILES string of the molecule is CC[C@H](C(=O)N[C@@H](C)CC)N(Cc1cccc(C)c1)C(=O)CCCOc1ccccc1. The Bertz CT molecular complexity index is 822. The summed E-state index contributed by atoms with van der Waals surface area (Å²) < 4.78 is 5.72. The van der Waals surface area contributed by atoms with Gasteiger partial charge in [-0.1, -0.05) is 61.9 Å². The number of para-hydroxylation sites is 1. The van der Waals surface area contributed by atoms with Crippen LogP contribution in [0.5, 0.6) is 5.75 Å². The minimum absolute atomic E-state index is 0.0238. The topological polar surface area (TPSA) is 58.6 Å². The summed E-state index contributed by atoms with van der Waals surface area (Å²) in [5.41, 5.74) is 2.17. The zero-order valence-electron chi connectivity index (χ0n) is 19.3. The average Bonchev–Trinajstić information content (AvgIpc) is 2.77. The van der Waals surface area contributed by atoms with Crippen LogP contribution in [0.2, 0.25) is 0 Å². The Morgan fingerprint density at radius 2 is 1.77 bits per heavy atom. The van der Waals surface area contributed by atoms with E-state index in [0.29, 0.717) is 32.4 Å². The number of benzene rings is 2. The van der Waals surface area contributed by atoms with E-state index in [1.165, 1.54) is 0 Å². The molecule has 2 rings (SSSR count). The normalized spacial score (nSPS) is 12.6. The van der Waals surface area contributed by atoms with Crippen LogP contribution >= 0.6 is 0 Å². The van der Waals surface area contributed by atoms with E-state index in [1.807, 2.05) is 76.2 Å². The van der Waals surface area contributed by atoms with Gasteiger partial charge in [0.15, 0.2) is 0 Å². The molecule has 0 spiro atoms. The highest BCUT2D eigenvalue weighted by atomic mass is 16.5. The molecule has 0 saturated heterocycles. The second-order valence-electron chi connectivity index (χ2n) is 8.02. The molecule has 0 heterocycles. The predicted molar refractivity (Wildman–Crippen MR) is 125 cm³/mol. The van der Waals surface area contributed by atoms with Gasteiger partial charge in [-0.25, -0.2) is 0 Å². The van der Waals surface area contributed by atoms with Crippen LogP contribution in [0.4, 0.5) is 0 Å². The second-order valence-corrected chi connectivity index (χ2v) is 8.02. The number of rotatable bonds is 12. The fraction of sp³-hybridized carbons (Fsp3) is 0.462. The molecule has 2 aromatic rings. The van der Waals surface area contributed by atoms with Crippen LogP contribution in [0.3, 0.4) is 0 Å². The van der Waals surface area contributed by atoms with E-state index in [-0.39, 0.29) is 17.9 Å². The fourth-order valence-electron chi connectivity index (χ4n) is 3.44. The maximum Gasteiger partial charge on any atom is 0.243 e. The summed E-state index contributed by atoms with van der Waals surface area (Å²) in [5.74, 6) is 0.689. The first kappa shape index (κ1) is 24.4. The maximum atomic E-state index is 13.2. The summed E-state index contributed by atoms with van der Waals surface area (Å²) in [5, 5.41) is 3.04. The molecule has 5 heteroatoms. The van der Waals surface area contributed by atoms with E-state index in [0.717, 1.165) is 23.3 Å². The van der Waals surface area contributed by atoms with Gasteiger partial charge in [0.2, 0.25) is 11.8 Å². The Labute approximate surface area is 186 Å². The summed E-state index contributed by atoms with van der Waals surface area (Å²) in [7, 11) is 0. The van der Waals surface area contributed by atoms with E-state index in [2.05, 4.69) is 11.4 Å². The molecule has 0 unspecified atom stereocenters. The number of nitrogens with zero attached hydrogens (tertiary/aromatic N) is 1. The molecule has 2 amide bonds. The third-order valence-corrected chi connectivity index (χ3v) is 5.37. The van der Waals surface area contributed by atoms with Crippen LogP contribution in [-0.2, 0) is 16.1 Å². The molecule has 2 aromatic carbocycles. The summed E-state index contributed by atoms with van der Waals surface area (Å²) in [6, 6.07) is 17.3. The van der Waals surface area contributed by atoms with Crippen molar-refractivity contribution in [2.24, 2.45) is 0 Å². The highest BCUT2D eigenvalue weighted by molar-refractivity contribution is 5.87. The first-order valence-corrected chi connectivity index (χ1v) is 11.3. The fourth-order valence-corrected chi connectivity index (χ4v) is 3.44. The van der Waals surface area contributed by atoms with E-state index in [9.17, 15) is 9.59 Å². The van der Waals surface area contributed by atoms with Gasteiger partial charge >= 0.3 is 0 Å². The molecule has 2 atom stereocenters. The Morgan fingerprint density at radius 3 is 2.42 bits per heavy atom. The third-order valence-electron chi connectivity index (χ3n) is 5.37.